The minimum absolute atomic E-state index is 0.0368. The number of aromatic nitrogens is 3. The zero-order valence-electron chi connectivity index (χ0n) is 15.6. The monoisotopic (exact) mass is 360 g/mol. The molecular formula is C18H24N4O4. The Morgan fingerprint density at radius 3 is 2.77 bits per heavy atom. The average Bonchev–Trinajstić information content (AvgIpc) is 3.18. The molecule has 1 saturated heterocycles. The van der Waals surface area contributed by atoms with Crippen LogP contribution < -0.4 is 0 Å². The molecule has 2 aromatic heterocycles. The lowest BCUT2D eigenvalue weighted by Gasteiger charge is -2.31. The third-order valence-corrected chi connectivity index (χ3v) is 4.73. The molecule has 0 unspecified atom stereocenters. The van der Waals surface area contributed by atoms with Crippen molar-refractivity contribution in [1.82, 2.24) is 20.0 Å². The number of H-pyrrole nitrogens is 1. The quantitative estimate of drug-likeness (QED) is 0.841. The summed E-state index contributed by atoms with van der Waals surface area (Å²) in [6.07, 6.45) is 1.77. The van der Waals surface area contributed by atoms with Crippen LogP contribution in [0.4, 0.5) is 0 Å². The molecule has 1 N–H and O–H groups in total. The normalized spacial score (nSPS) is 17.4. The van der Waals surface area contributed by atoms with E-state index in [0.717, 1.165) is 12.8 Å². The Bertz CT molecular complexity index is 823. The van der Waals surface area contributed by atoms with Gasteiger partial charge in [0.2, 0.25) is 5.89 Å². The van der Waals surface area contributed by atoms with E-state index in [1.54, 1.807) is 32.6 Å². The second kappa shape index (κ2) is 7.31. The van der Waals surface area contributed by atoms with E-state index in [0.29, 0.717) is 53.9 Å². The summed E-state index contributed by atoms with van der Waals surface area (Å²) in [6, 6.07) is 0. The second-order valence-corrected chi connectivity index (χ2v) is 6.62. The number of likely N-dealkylation sites (tertiary alicyclic amines) is 1. The molecule has 8 nitrogen and oxygen atoms in total. The fourth-order valence-corrected chi connectivity index (χ4v) is 3.47. The Labute approximate surface area is 151 Å². The number of nitrogens with zero attached hydrogens (tertiary/aromatic N) is 3. The van der Waals surface area contributed by atoms with Crippen LogP contribution in [0.25, 0.3) is 0 Å². The highest BCUT2D eigenvalue weighted by Crippen LogP contribution is 2.28. The summed E-state index contributed by atoms with van der Waals surface area (Å²) >= 11 is 0. The summed E-state index contributed by atoms with van der Waals surface area (Å²) in [5.74, 6) is 0.678. The molecule has 3 rings (SSSR count). The third kappa shape index (κ3) is 3.36. The van der Waals surface area contributed by atoms with E-state index in [-0.39, 0.29) is 11.8 Å². The lowest BCUT2D eigenvalue weighted by atomic mass is 9.97. The summed E-state index contributed by atoms with van der Waals surface area (Å²) < 4.78 is 10.4. The van der Waals surface area contributed by atoms with Crippen LogP contribution in [0.15, 0.2) is 4.52 Å². The molecule has 0 radical (unpaired) electrons. The molecule has 0 aliphatic carbocycles. The fraction of sp³-hybridized carbons (Fsp3) is 0.556. The highest BCUT2D eigenvalue weighted by atomic mass is 16.5. The Morgan fingerprint density at radius 2 is 2.12 bits per heavy atom. The number of hydrogen-bond acceptors (Lipinski definition) is 6. The van der Waals surface area contributed by atoms with Crippen LogP contribution >= 0.6 is 0 Å². The van der Waals surface area contributed by atoms with Crippen molar-refractivity contribution in [3.8, 4) is 0 Å². The summed E-state index contributed by atoms with van der Waals surface area (Å²) in [4.78, 5) is 34.3. The van der Waals surface area contributed by atoms with Crippen molar-refractivity contribution < 1.29 is 18.8 Å². The number of hydrogen-bond donors (Lipinski definition) is 1. The summed E-state index contributed by atoms with van der Waals surface area (Å²) in [6.45, 7) is 8.56. The number of carbonyl (C=O) groups is 2. The van der Waals surface area contributed by atoms with Crippen LogP contribution in [-0.4, -0.2) is 51.6 Å². The zero-order valence-corrected chi connectivity index (χ0v) is 15.6. The number of aryl methyl sites for hydroxylation is 2. The van der Waals surface area contributed by atoms with Crippen molar-refractivity contribution >= 4 is 11.9 Å². The van der Waals surface area contributed by atoms with Crippen LogP contribution in [0.1, 0.15) is 69.5 Å². The number of esters is 1. The molecular weight excluding hydrogens is 336 g/mol. The number of rotatable bonds is 4. The molecule has 0 spiro atoms. The molecule has 1 aliphatic heterocycles. The molecule has 2 aromatic rings. The summed E-state index contributed by atoms with van der Waals surface area (Å²) in [7, 11) is 0. The predicted molar refractivity (Wildman–Crippen MR) is 93.1 cm³/mol. The van der Waals surface area contributed by atoms with Crippen LogP contribution in [0, 0.1) is 20.8 Å². The summed E-state index contributed by atoms with van der Waals surface area (Å²) in [5.41, 5.74) is 2.15. The lowest BCUT2D eigenvalue weighted by molar-refractivity contribution is 0.0525. The van der Waals surface area contributed by atoms with Gasteiger partial charge in [0.05, 0.1) is 18.1 Å². The van der Waals surface area contributed by atoms with Gasteiger partial charge in [-0.25, -0.2) is 4.79 Å². The first-order valence-corrected chi connectivity index (χ1v) is 8.88. The van der Waals surface area contributed by atoms with Crippen molar-refractivity contribution in [1.29, 1.82) is 0 Å². The van der Waals surface area contributed by atoms with E-state index in [1.807, 2.05) is 0 Å². The van der Waals surface area contributed by atoms with Gasteiger partial charge in [0, 0.05) is 18.8 Å². The standard InChI is InChI=1S/C18H24N4O4/c1-5-25-18(24)14-10(2)15(19-11(14)3)17(23)22-8-6-7-13(9-22)16-20-12(4)21-26-16/h13,19H,5-9H2,1-4H3/t13-/m1/s1. The van der Waals surface area contributed by atoms with Gasteiger partial charge < -0.3 is 19.1 Å². The maximum absolute atomic E-state index is 13.0. The third-order valence-electron chi connectivity index (χ3n) is 4.73. The number of amides is 1. The minimum Gasteiger partial charge on any atom is -0.462 e. The Kier molecular flexibility index (Phi) is 5.11. The van der Waals surface area contributed by atoms with Crippen molar-refractivity contribution in [2.45, 2.75) is 46.5 Å². The van der Waals surface area contributed by atoms with Gasteiger partial charge in [0.1, 0.15) is 5.69 Å². The Balaban J connectivity index is 1.80. The topological polar surface area (TPSA) is 101 Å². The molecule has 8 heteroatoms. The highest BCUT2D eigenvalue weighted by molar-refractivity contribution is 6.00. The van der Waals surface area contributed by atoms with Gasteiger partial charge >= 0.3 is 5.97 Å². The number of carbonyl (C=O) groups excluding carboxylic acids is 2. The van der Waals surface area contributed by atoms with Gasteiger partial charge in [-0.15, -0.1) is 0 Å². The first-order chi connectivity index (χ1) is 12.4. The first kappa shape index (κ1) is 18.2. The number of piperidine rings is 1. The second-order valence-electron chi connectivity index (χ2n) is 6.62. The van der Waals surface area contributed by atoms with Crippen LogP contribution in [-0.2, 0) is 4.74 Å². The molecule has 3 heterocycles. The molecule has 1 atom stereocenters. The van der Waals surface area contributed by atoms with Gasteiger partial charge in [-0.05, 0) is 46.1 Å². The van der Waals surface area contributed by atoms with Crippen LogP contribution in [0.2, 0.25) is 0 Å². The maximum Gasteiger partial charge on any atom is 0.340 e. The molecule has 0 bridgehead atoms. The SMILES string of the molecule is CCOC(=O)c1c(C)[nH]c(C(=O)N2CCC[C@@H](c3nc(C)no3)C2)c1C. The zero-order chi connectivity index (χ0) is 18.8. The van der Waals surface area contributed by atoms with E-state index in [4.69, 9.17) is 9.26 Å². The molecule has 1 fully saturated rings. The average molecular weight is 360 g/mol. The molecule has 0 aromatic carbocycles. The van der Waals surface area contributed by atoms with Gasteiger partial charge in [0.15, 0.2) is 5.82 Å². The number of ether oxygens (including phenoxy) is 1. The Morgan fingerprint density at radius 1 is 1.35 bits per heavy atom. The highest BCUT2D eigenvalue weighted by Gasteiger charge is 2.31. The van der Waals surface area contributed by atoms with Crippen molar-refractivity contribution in [3.05, 3.63) is 34.2 Å². The van der Waals surface area contributed by atoms with Crippen LogP contribution in [0.3, 0.4) is 0 Å². The van der Waals surface area contributed by atoms with Crippen molar-refractivity contribution in [3.63, 3.8) is 0 Å². The molecule has 140 valence electrons. The maximum atomic E-state index is 13.0. The van der Waals surface area contributed by atoms with E-state index in [2.05, 4.69) is 15.1 Å². The van der Waals surface area contributed by atoms with Crippen LogP contribution in [0.5, 0.6) is 0 Å². The molecule has 0 saturated carbocycles. The van der Waals surface area contributed by atoms with Gasteiger partial charge in [0.25, 0.3) is 5.91 Å². The van der Waals surface area contributed by atoms with E-state index in [1.165, 1.54) is 0 Å². The Hall–Kier alpha value is -2.64. The van der Waals surface area contributed by atoms with Crippen molar-refractivity contribution in [2.24, 2.45) is 0 Å². The number of nitrogens with one attached hydrogen (secondary N) is 1. The first-order valence-electron chi connectivity index (χ1n) is 8.88. The van der Waals surface area contributed by atoms with Gasteiger partial charge in [-0.2, -0.15) is 4.98 Å². The van der Waals surface area contributed by atoms with Gasteiger partial charge in [-0.1, -0.05) is 5.16 Å². The molecule has 1 aliphatic rings. The van der Waals surface area contributed by atoms with E-state index >= 15 is 0 Å². The lowest BCUT2D eigenvalue weighted by Crippen LogP contribution is -2.39. The van der Waals surface area contributed by atoms with Gasteiger partial charge in [-0.3, -0.25) is 4.79 Å². The molecule has 1 amide bonds. The van der Waals surface area contributed by atoms with E-state index in [9.17, 15) is 9.59 Å². The predicted octanol–water partition coefficient (Wildman–Crippen LogP) is 2.52. The summed E-state index contributed by atoms with van der Waals surface area (Å²) in [5, 5.41) is 3.84. The minimum atomic E-state index is -0.407. The smallest absolute Gasteiger partial charge is 0.340 e. The fourth-order valence-electron chi connectivity index (χ4n) is 3.47. The van der Waals surface area contributed by atoms with Crippen molar-refractivity contribution in [2.75, 3.05) is 19.7 Å². The molecule has 26 heavy (non-hydrogen) atoms. The van der Waals surface area contributed by atoms with E-state index < -0.39 is 5.97 Å². The number of aromatic amines is 1. The largest absolute Gasteiger partial charge is 0.462 e.